The lowest BCUT2D eigenvalue weighted by atomic mass is 10.1. The monoisotopic (exact) mass is 397 g/mol. The molecule has 0 saturated carbocycles. The number of para-hydroxylation sites is 1. The summed E-state index contributed by atoms with van der Waals surface area (Å²) in [5.74, 6) is 0.681. The van der Waals surface area contributed by atoms with Crippen LogP contribution in [0.3, 0.4) is 0 Å². The summed E-state index contributed by atoms with van der Waals surface area (Å²) in [6.07, 6.45) is 4.35. The van der Waals surface area contributed by atoms with Crippen LogP contribution in [-0.4, -0.2) is 76.1 Å². The van der Waals surface area contributed by atoms with Crippen molar-refractivity contribution >= 4 is 11.8 Å². The lowest BCUT2D eigenvalue weighted by Crippen LogP contribution is -2.51. The van der Waals surface area contributed by atoms with Gasteiger partial charge < -0.3 is 9.80 Å². The van der Waals surface area contributed by atoms with E-state index in [9.17, 15) is 9.59 Å². The van der Waals surface area contributed by atoms with E-state index >= 15 is 0 Å². The highest BCUT2D eigenvalue weighted by atomic mass is 16.2. The van der Waals surface area contributed by atoms with E-state index in [1.807, 2.05) is 53.2 Å². The van der Waals surface area contributed by atoms with Gasteiger partial charge in [0.15, 0.2) is 0 Å². The smallest absolute Gasteiger partial charge is 0.236 e. The molecular weight excluding hydrogens is 366 g/mol. The number of hydrogen-bond acceptors (Lipinski definition) is 4. The van der Waals surface area contributed by atoms with Crippen LogP contribution in [0.25, 0.3) is 5.69 Å². The second kappa shape index (κ2) is 9.69. The molecule has 0 bridgehead atoms. The predicted molar refractivity (Wildman–Crippen MR) is 113 cm³/mol. The summed E-state index contributed by atoms with van der Waals surface area (Å²) in [5.41, 5.74) is 1.99. The molecular formula is C22H31N5O2. The number of hydrogen-bond donors (Lipinski definition) is 0. The SMILES string of the molecule is CC(C)CC(=O)N1CCN(CC(=O)N(C)Cc2cnn(-c3ccccc3)c2)CC1. The minimum absolute atomic E-state index is 0.0828. The fourth-order valence-electron chi connectivity index (χ4n) is 3.47. The number of carbonyl (C=O) groups excluding carboxylic acids is 2. The maximum atomic E-state index is 12.6. The number of aromatic nitrogens is 2. The van der Waals surface area contributed by atoms with Crippen molar-refractivity contribution in [1.29, 1.82) is 0 Å². The summed E-state index contributed by atoms with van der Waals surface area (Å²) in [5, 5.41) is 4.39. The van der Waals surface area contributed by atoms with Crippen LogP contribution in [-0.2, 0) is 16.1 Å². The summed E-state index contributed by atoms with van der Waals surface area (Å²) in [6, 6.07) is 9.92. The quantitative estimate of drug-likeness (QED) is 0.717. The molecule has 1 saturated heterocycles. The number of amides is 2. The molecule has 1 aromatic heterocycles. The normalized spacial score (nSPS) is 15.0. The molecule has 0 radical (unpaired) electrons. The molecule has 0 aliphatic carbocycles. The van der Waals surface area contributed by atoms with Gasteiger partial charge in [-0.15, -0.1) is 0 Å². The van der Waals surface area contributed by atoms with Gasteiger partial charge in [-0.2, -0.15) is 5.10 Å². The third-order valence-electron chi connectivity index (χ3n) is 5.17. The molecule has 2 aromatic rings. The van der Waals surface area contributed by atoms with Gasteiger partial charge in [-0.1, -0.05) is 32.0 Å². The first-order valence-corrected chi connectivity index (χ1v) is 10.3. The van der Waals surface area contributed by atoms with Gasteiger partial charge in [-0.3, -0.25) is 14.5 Å². The van der Waals surface area contributed by atoms with Gasteiger partial charge in [0.05, 0.1) is 18.4 Å². The maximum absolute atomic E-state index is 12.6. The van der Waals surface area contributed by atoms with Crippen molar-refractivity contribution in [3.8, 4) is 5.69 Å². The maximum Gasteiger partial charge on any atom is 0.236 e. The highest BCUT2D eigenvalue weighted by molar-refractivity contribution is 5.78. The molecule has 2 amide bonds. The van der Waals surface area contributed by atoms with Crippen LogP contribution in [0.1, 0.15) is 25.8 Å². The average Bonchev–Trinajstić information content (AvgIpc) is 3.17. The van der Waals surface area contributed by atoms with Crippen LogP contribution >= 0.6 is 0 Å². The van der Waals surface area contributed by atoms with Crippen molar-refractivity contribution in [1.82, 2.24) is 24.5 Å². The summed E-state index contributed by atoms with van der Waals surface area (Å²) >= 11 is 0. The lowest BCUT2D eigenvalue weighted by molar-refractivity contribution is -0.135. The van der Waals surface area contributed by atoms with Gasteiger partial charge >= 0.3 is 0 Å². The second-order valence-corrected chi connectivity index (χ2v) is 8.13. The van der Waals surface area contributed by atoms with Crippen molar-refractivity contribution in [2.45, 2.75) is 26.8 Å². The van der Waals surface area contributed by atoms with E-state index in [0.29, 0.717) is 38.5 Å². The Labute approximate surface area is 172 Å². The van der Waals surface area contributed by atoms with Gasteiger partial charge in [0, 0.05) is 58.0 Å². The number of nitrogens with zero attached hydrogens (tertiary/aromatic N) is 5. The lowest BCUT2D eigenvalue weighted by Gasteiger charge is -2.35. The highest BCUT2D eigenvalue weighted by Crippen LogP contribution is 2.11. The van der Waals surface area contributed by atoms with E-state index < -0.39 is 0 Å². The summed E-state index contributed by atoms with van der Waals surface area (Å²) in [7, 11) is 1.82. The zero-order chi connectivity index (χ0) is 20.8. The molecule has 1 aliphatic heterocycles. The van der Waals surface area contributed by atoms with Gasteiger partial charge in [0.25, 0.3) is 0 Å². The van der Waals surface area contributed by atoms with Crippen LogP contribution in [0.5, 0.6) is 0 Å². The number of rotatable bonds is 7. The predicted octanol–water partition coefficient (Wildman–Crippen LogP) is 2.02. The van der Waals surface area contributed by atoms with E-state index in [1.54, 1.807) is 11.1 Å². The van der Waals surface area contributed by atoms with Gasteiger partial charge in [0.2, 0.25) is 11.8 Å². The van der Waals surface area contributed by atoms with Crippen molar-refractivity contribution in [3.05, 3.63) is 48.3 Å². The first-order chi connectivity index (χ1) is 13.9. The zero-order valence-corrected chi connectivity index (χ0v) is 17.6. The van der Waals surface area contributed by atoms with E-state index in [2.05, 4.69) is 23.8 Å². The van der Waals surface area contributed by atoms with Crippen LogP contribution in [0.2, 0.25) is 0 Å². The number of benzene rings is 1. The van der Waals surface area contributed by atoms with Crippen molar-refractivity contribution in [3.63, 3.8) is 0 Å². The fraction of sp³-hybridized carbons (Fsp3) is 0.500. The Morgan fingerprint density at radius 2 is 1.79 bits per heavy atom. The van der Waals surface area contributed by atoms with Crippen molar-refractivity contribution in [2.24, 2.45) is 5.92 Å². The molecule has 1 aliphatic rings. The Hall–Kier alpha value is -2.67. The molecule has 29 heavy (non-hydrogen) atoms. The summed E-state index contributed by atoms with van der Waals surface area (Å²) < 4.78 is 1.82. The molecule has 1 aromatic carbocycles. The Balaban J connectivity index is 1.46. The number of carbonyl (C=O) groups is 2. The van der Waals surface area contributed by atoms with Crippen LogP contribution in [0.15, 0.2) is 42.7 Å². The zero-order valence-electron chi connectivity index (χ0n) is 17.6. The third-order valence-corrected chi connectivity index (χ3v) is 5.17. The fourth-order valence-corrected chi connectivity index (χ4v) is 3.47. The molecule has 1 fully saturated rings. The standard InChI is InChI=1S/C22H31N5O2/c1-18(2)13-21(28)26-11-9-25(10-12-26)17-22(29)24(3)15-19-14-23-27(16-19)20-7-5-4-6-8-20/h4-8,14,16,18H,9-13,15,17H2,1-3H3. The van der Waals surface area contributed by atoms with E-state index in [1.165, 1.54) is 0 Å². The average molecular weight is 398 g/mol. The van der Waals surface area contributed by atoms with Crippen LogP contribution in [0.4, 0.5) is 0 Å². The van der Waals surface area contributed by atoms with Crippen LogP contribution < -0.4 is 0 Å². The molecule has 0 atom stereocenters. The highest BCUT2D eigenvalue weighted by Gasteiger charge is 2.23. The minimum atomic E-state index is 0.0828. The topological polar surface area (TPSA) is 61.7 Å². The molecule has 3 rings (SSSR count). The first-order valence-electron chi connectivity index (χ1n) is 10.3. The van der Waals surface area contributed by atoms with Gasteiger partial charge in [-0.05, 0) is 18.1 Å². The van der Waals surface area contributed by atoms with Gasteiger partial charge in [-0.25, -0.2) is 4.68 Å². The molecule has 2 heterocycles. The van der Waals surface area contributed by atoms with E-state index in [-0.39, 0.29) is 11.8 Å². The number of piperazine rings is 1. The first kappa shape index (κ1) is 21.0. The Bertz CT molecular complexity index is 810. The molecule has 156 valence electrons. The molecule has 0 spiro atoms. The van der Waals surface area contributed by atoms with Crippen molar-refractivity contribution < 1.29 is 9.59 Å². The third kappa shape index (κ3) is 5.90. The van der Waals surface area contributed by atoms with Crippen LogP contribution in [0, 0.1) is 5.92 Å². The van der Waals surface area contributed by atoms with Crippen molar-refractivity contribution in [2.75, 3.05) is 39.8 Å². The molecule has 0 unspecified atom stereocenters. The van der Waals surface area contributed by atoms with Gasteiger partial charge in [0.1, 0.15) is 0 Å². The van der Waals surface area contributed by atoms with E-state index in [4.69, 9.17) is 0 Å². The minimum Gasteiger partial charge on any atom is -0.340 e. The Morgan fingerprint density at radius 3 is 2.45 bits per heavy atom. The molecule has 0 N–H and O–H groups in total. The largest absolute Gasteiger partial charge is 0.340 e. The van der Waals surface area contributed by atoms with E-state index in [0.717, 1.165) is 24.3 Å². The number of likely N-dealkylation sites (N-methyl/N-ethyl adjacent to an activating group) is 1. The Kier molecular flexibility index (Phi) is 7.04. The molecule has 7 heteroatoms. The summed E-state index contributed by atoms with van der Waals surface area (Å²) in [6.45, 7) is 7.93. The Morgan fingerprint density at radius 1 is 1.10 bits per heavy atom. The summed E-state index contributed by atoms with van der Waals surface area (Å²) in [4.78, 5) is 30.6. The molecule has 7 nitrogen and oxygen atoms in total. The second-order valence-electron chi connectivity index (χ2n) is 8.13.